The molecule has 0 fully saturated rings. The van der Waals surface area contributed by atoms with Gasteiger partial charge in [0.15, 0.2) is 0 Å². The molecule has 0 radical (unpaired) electrons. The van der Waals surface area contributed by atoms with Crippen LogP contribution in [0.4, 0.5) is 0 Å². The third-order valence-electron chi connectivity index (χ3n) is 1.91. The van der Waals surface area contributed by atoms with Gasteiger partial charge in [-0.05, 0) is 6.92 Å². The summed E-state index contributed by atoms with van der Waals surface area (Å²) in [6, 6.07) is 0. The topological polar surface area (TPSA) is 40.6 Å². The van der Waals surface area contributed by atoms with Gasteiger partial charge in [-0.3, -0.25) is 0 Å². The van der Waals surface area contributed by atoms with Crippen molar-refractivity contribution in [1.82, 2.24) is 4.98 Å². The van der Waals surface area contributed by atoms with E-state index in [-0.39, 0.29) is 12.4 Å². The van der Waals surface area contributed by atoms with E-state index in [2.05, 4.69) is 4.98 Å². The number of hydrogen-bond donors (Lipinski definition) is 0. The largest absolute Gasteiger partial charge is 0.375 e. The molecule has 1 atom stereocenters. The lowest BCUT2D eigenvalue weighted by Gasteiger charge is -2.10. The molecule has 1 aromatic rings. The Bertz CT molecular complexity index is 273. The van der Waals surface area contributed by atoms with Gasteiger partial charge in [-0.1, -0.05) is 0 Å². The zero-order chi connectivity index (χ0) is 10.6. The van der Waals surface area contributed by atoms with Gasteiger partial charge < -0.3 is 14.2 Å². The molecule has 0 N–H and O–H groups in total. The van der Waals surface area contributed by atoms with E-state index < -0.39 is 0 Å². The molecular formula is C9H15NO3S. The second-order valence-electron chi connectivity index (χ2n) is 2.79. The van der Waals surface area contributed by atoms with E-state index in [1.807, 2.05) is 12.3 Å². The van der Waals surface area contributed by atoms with Crippen molar-refractivity contribution in [3.63, 3.8) is 0 Å². The maximum atomic E-state index is 5.16. The second kappa shape index (κ2) is 5.41. The van der Waals surface area contributed by atoms with Gasteiger partial charge in [-0.2, -0.15) is 0 Å². The number of aromatic nitrogens is 1. The van der Waals surface area contributed by atoms with Crippen LogP contribution in [0.1, 0.15) is 30.0 Å². The Morgan fingerprint density at radius 2 is 1.86 bits per heavy atom. The Morgan fingerprint density at radius 3 is 2.36 bits per heavy atom. The lowest BCUT2D eigenvalue weighted by molar-refractivity contribution is -0.108. The van der Waals surface area contributed by atoms with E-state index in [9.17, 15) is 0 Å². The molecule has 0 saturated carbocycles. The van der Waals surface area contributed by atoms with Crippen LogP contribution in [0.15, 0.2) is 5.38 Å². The first-order valence-corrected chi connectivity index (χ1v) is 5.14. The molecule has 4 nitrogen and oxygen atoms in total. The first-order valence-electron chi connectivity index (χ1n) is 4.26. The molecule has 1 rings (SSSR count). The highest BCUT2D eigenvalue weighted by Gasteiger charge is 2.15. The Kier molecular flexibility index (Phi) is 4.47. The van der Waals surface area contributed by atoms with Crippen molar-refractivity contribution in [2.24, 2.45) is 0 Å². The number of thiazole rings is 1. The summed E-state index contributed by atoms with van der Waals surface area (Å²) in [7, 11) is 4.84. The van der Waals surface area contributed by atoms with Crippen LogP contribution in [0.2, 0.25) is 0 Å². The van der Waals surface area contributed by atoms with Crippen LogP contribution in [0.25, 0.3) is 0 Å². The molecule has 0 amide bonds. The van der Waals surface area contributed by atoms with Crippen LogP contribution in [0.5, 0.6) is 0 Å². The summed E-state index contributed by atoms with van der Waals surface area (Å²) in [4.78, 5) is 4.37. The second-order valence-corrected chi connectivity index (χ2v) is 3.68. The molecule has 14 heavy (non-hydrogen) atoms. The fourth-order valence-corrected chi connectivity index (χ4v) is 1.89. The van der Waals surface area contributed by atoms with Crippen LogP contribution in [0, 0.1) is 0 Å². The van der Waals surface area contributed by atoms with Crippen LogP contribution >= 0.6 is 11.3 Å². The fourth-order valence-electron chi connectivity index (χ4n) is 1.03. The molecule has 5 heteroatoms. The summed E-state index contributed by atoms with van der Waals surface area (Å²) >= 11 is 1.55. The molecule has 0 aliphatic heterocycles. The maximum absolute atomic E-state index is 5.16. The van der Waals surface area contributed by atoms with Crippen LogP contribution in [-0.4, -0.2) is 26.3 Å². The Labute approximate surface area is 87.8 Å². The molecule has 0 bridgehead atoms. The smallest absolute Gasteiger partial charge is 0.201 e. The lowest BCUT2D eigenvalue weighted by atomic mass is 10.4. The first-order chi connectivity index (χ1) is 6.72. The van der Waals surface area contributed by atoms with Crippen LogP contribution in [0.3, 0.4) is 0 Å². The number of ether oxygens (including phenoxy) is 3. The van der Waals surface area contributed by atoms with Crippen LogP contribution < -0.4 is 0 Å². The van der Waals surface area contributed by atoms with Crippen molar-refractivity contribution in [3.8, 4) is 0 Å². The summed E-state index contributed by atoms with van der Waals surface area (Å²) in [5.41, 5.74) is 0.791. The molecule has 0 saturated heterocycles. The Balaban J connectivity index is 2.76. The first kappa shape index (κ1) is 11.6. The van der Waals surface area contributed by atoms with Gasteiger partial charge in [-0.15, -0.1) is 11.3 Å². The predicted octanol–water partition coefficient (Wildman–Crippen LogP) is 2.14. The van der Waals surface area contributed by atoms with Gasteiger partial charge >= 0.3 is 0 Å². The van der Waals surface area contributed by atoms with Crippen LogP contribution in [-0.2, 0) is 14.2 Å². The Hall–Kier alpha value is -0.490. The number of rotatable bonds is 5. The summed E-state index contributed by atoms with van der Waals surface area (Å²) in [5.74, 6) is 0. The van der Waals surface area contributed by atoms with E-state index in [1.54, 1.807) is 32.7 Å². The minimum Gasteiger partial charge on any atom is -0.375 e. The highest BCUT2D eigenvalue weighted by atomic mass is 32.1. The van der Waals surface area contributed by atoms with Crippen molar-refractivity contribution in [3.05, 3.63) is 16.1 Å². The SMILES string of the molecule is COC(C)c1nc(C(OC)OC)cs1. The van der Waals surface area contributed by atoms with Crippen molar-refractivity contribution in [2.75, 3.05) is 21.3 Å². The van der Waals surface area contributed by atoms with Gasteiger partial charge in [0.05, 0.1) is 0 Å². The van der Waals surface area contributed by atoms with Gasteiger partial charge in [-0.25, -0.2) is 4.98 Å². The molecule has 1 aromatic heterocycles. The fraction of sp³-hybridized carbons (Fsp3) is 0.667. The van der Waals surface area contributed by atoms with Gasteiger partial charge in [0.25, 0.3) is 0 Å². The summed E-state index contributed by atoms with van der Waals surface area (Å²) in [6.45, 7) is 1.96. The number of hydrogen-bond acceptors (Lipinski definition) is 5. The molecule has 1 heterocycles. The third-order valence-corrected chi connectivity index (χ3v) is 2.93. The quantitative estimate of drug-likeness (QED) is 0.708. The minimum atomic E-state index is -0.385. The molecule has 80 valence electrons. The van der Waals surface area contributed by atoms with Crippen molar-refractivity contribution >= 4 is 11.3 Å². The van der Waals surface area contributed by atoms with E-state index in [0.29, 0.717) is 0 Å². The zero-order valence-electron chi connectivity index (χ0n) is 8.81. The maximum Gasteiger partial charge on any atom is 0.201 e. The van der Waals surface area contributed by atoms with Gasteiger partial charge in [0.1, 0.15) is 16.8 Å². The molecular weight excluding hydrogens is 202 g/mol. The highest BCUT2D eigenvalue weighted by Crippen LogP contribution is 2.25. The number of methoxy groups -OCH3 is 3. The van der Waals surface area contributed by atoms with E-state index in [1.165, 1.54) is 0 Å². The molecule has 0 aliphatic rings. The average molecular weight is 217 g/mol. The lowest BCUT2D eigenvalue weighted by Crippen LogP contribution is -2.04. The summed E-state index contributed by atoms with van der Waals surface area (Å²) in [5, 5.41) is 2.85. The van der Waals surface area contributed by atoms with Crippen molar-refractivity contribution in [2.45, 2.75) is 19.3 Å². The molecule has 0 spiro atoms. The molecule has 0 aliphatic carbocycles. The monoisotopic (exact) mass is 217 g/mol. The zero-order valence-corrected chi connectivity index (χ0v) is 9.63. The minimum absolute atomic E-state index is 0.0168. The predicted molar refractivity (Wildman–Crippen MR) is 54.3 cm³/mol. The van der Waals surface area contributed by atoms with Crippen molar-refractivity contribution in [1.29, 1.82) is 0 Å². The van der Waals surface area contributed by atoms with Crippen molar-refractivity contribution < 1.29 is 14.2 Å². The Morgan fingerprint density at radius 1 is 1.21 bits per heavy atom. The van der Waals surface area contributed by atoms with Gasteiger partial charge in [0, 0.05) is 26.7 Å². The molecule has 0 aromatic carbocycles. The molecule has 1 unspecified atom stereocenters. The van der Waals surface area contributed by atoms with E-state index in [0.717, 1.165) is 10.7 Å². The normalized spacial score (nSPS) is 13.5. The number of nitrogens with zero attached hydrogens (tertiary/aromatic N) is 1. The average Bonchev–Trinajstić information content (AvgIpc) is 2.68. The third kappa shape index (κ3) is 2.51. The van der Waals surface area contributed by atoms with E-state index >= 15 is 0 Å². The van der Waals surface area contributed by atoms with E-state index in [4.69, 9.17) is 14.2 Å². The van der Waals surface area contributed by atoms with Gasteiger partial charge in [0.2, 0.25) is 6.29 Å². The summed E-state index contributed by atoms with van der Waals surface area (Å²) in [6.07, 6.45) is -0.368. The highest BCUT2D eigenvalue weighted by molar-refractivity contribution is 7.09. The standard InChI is InChI=1S/C9H15NO3S/c1-6(11-2)8-10-7(5-14-8)9(12-3)13-4/h5-6,9H,1-4H3. The summed E-state index contributed by atoms with van der Waals surface area (Å²) < 4.78 is 15.3.